The lowest BCUT2D eigenvalue weighted by molar-refractivity contribution is 1.61. The van der Waals surface area contributed by atoms with Gasteiger partial charge in [-0.15, -0.1) is 0 Å². The highest BCUT2D eigenvalue weighted by Crippen LogP contribution is 2.01. The molecule has 0 aliphatic rings. The van der Waals surface area contributed by atoms with Gasteiger partial charge in [-0.1, -0.05) is 0 Å². The summed E-state index contributed by atoms with van der Waals surface area (Å²) < 4.78 is 3.97. The van der Waals surface area contributed by atoms with Crippen molar-refractivity contribution in [3.05, 3.63) is 0 Å². The smallest absolute Gasteiger partial charge is 0.177 e. The third kappa shape index (κ3) is 4.32. The Kier molecular flexibility index (Phi) is 1.95. The SMILES string of the molecule is C[Si](C)(C)N=P. The van der Waals surface area contributed by atoms with E-state index in [1.54, 1.807) is 0 Å². The highest BCUT2D eigenvalue weighted by molar-refractivity contribution is 7.08. The average Bonchev–Trinajstić information content (AvgIpc) is 1.35. The summed E-state index contributed by atoms with van der Waals surface area (Å²) in [5, 5.41) is 0. The molecule has 0 atom stereocenters. The fourth-order valence-electron chi connectivity index (χ4n) is 0. The van der Waals surface area contributed by atoms with Crippen LogP contribution in [0.5, 0.6) is 0 Å². The Morgan fingerprint density at radius 2 is 1.50 bits per heavy atom. The normalized spacial score (nSPS) is 11.2. The van der Waals surface area contributed by atoms with Gasteiger partial charge in [0.1, 0.15) is 0 Å². The highest BCUT2D eigenvalue weighted by atomic mass is 31.0. The first-order valence-electron chi connectivity index (χ1n) is 1.95. The summed E-state index contributed by atoms with van der Waals surface area (Å²) in [7, 11) is 2.01. The second-order valence-corrected chi connectivity index (χ2v) is 7.52. The molecule has 0 N–H and O–H groups in total. The van der Waals surface area contributed by atoms with E-state index in [1.165, 1.54) is 0 Å². The molecular weight excluding hydrogens is 109 g/mol. The zero-order valence-corrected chi connectivity index (χ0v) is 6.45. The number of hydrogen-bond donors (Lipinski definition) is 0. The van der Waals surface area contributed by atoms with E-state index in [-0.39, 0.29) is 0 Å². The van der Waals surface area contributed by atoms with Crippen LogP contribution in [0.2, 0.25) is 19.6 Å². The predicted molar refractivity (Wildman–Crippen MR) is 34.1 cm³/mol. The Hall–Kier alpha value is 0.317. The molecule has 0 amide bonds. The second kappa shape index (κ2) is 1.85. The van der Waals surface area contributed by atoms with Gasteiger partial charge in [0.15, 0.2) is 8.24 Å². The van der Waals surface area contributed by atoms with E-state index < -0.39 is 8.24 Å². The lowest BCUT2D eigenvalue weighted by Gasteiger charge is -2.02. The molecule has 0 aromatic heterocycles. The van der Waals surface area contributed by atoms with Crippen molar-refractivity contribution in [3.63, 3.8) is 0 Å². The Morgan fingerprint density at radius 3 is 1.50 bits per heavy atom. The Bertz CT molecular complexity index is 56.3. The largest absolute Gasteiger partial charge is 0.309 e. The summed E-state index contributed by atoms with van der Waals surface area (Å²) in [6.45, 7) is 6.50. The van der Waals surface area contributed by atoms with Crippen LogP contribution in [0.3, 0.4) is 0 Å². The molecule has 0 aliphatic carbocycles. The lowest BCUT2D eigenvalue weighted by Crippen LogP contribution is -2.13. The second-order valence-electron chi connectivity index (χ2n) is 2.28. The summed E-state index contributed by atoms with van der Waals surface area (Å²) in [6, 6.07) is 0. The van der Waals surface area contributed by atoms with Crippen LogP contribution in [0, 0.1) is 0 Å². The molecule has 0 aromatic rings. The fourth-order valence-corrected chi connectivity index (χ4v) is 0. The summed E-state index contributed by atoms with van der Waals surface area (Å²) in [4.78, 5) is 0. The topological polar surface area (TPSA) is 12.4 Å². The van der Waals surface area contributed by atoms with Gasteiger partial charge in [0.05, 0.1) is 0 Å². The van der Waals surface area contributed by atoms with Crippen LogP contribution < -0.4 is 0 Å². The first-order chi connectivity index (χ1) is 2.56. The van der Waals surface area contributed by atoms with Crippen molar-refractivity contribution < 1.29 is 0 Å². The maximum atomic E-state index is 3.97. The molecule has 0 spiro atoms. The van der Waals surface area contributed by atoms with Crippen molar-refractivity contribution in [1.82, 2.24) is 0 Å². The molecule has 1 nitrogen and oxygen atoms in total. The summed E-state index contributed by atoms with van der Waals surface area (Å²) >= 11 is 0. The van der Waals surface area contributed by atoms with Crippen LogP contribution in [-0.4, -0.2) is 8.24 Å². The van der Waals surface area contributed by atoms with Crippen molar-refractivity contribution in [3.8, 4) is 0 Å². The minimum Gasteiger partial charge on any atom is -0.309 e. The molecule has 0 unspecified atom stereocenters. The van der Waals surface area contributed by atoms with E-state index in [4.69, 9.17) is 0 Å². The van der Waals surface area contributed by atoms with E-state index in [9.17, 15) is 0 Å². The van der Waals surface area contributed by atoms with E-state index in [1.807, 2.05) is 0 Å². The van der Waals surface area contributed by atoms with E-state index in [0.29, 0.717) is 0 Å². The first kappa shape index (κ1) is 6.32. The van der Waals surface area contributed by atoms with Crippen molar-refractivity contribution in [2.24, 2.45) is 4.41 Å². The molecule has 0 heterocycles. The Morgan fingerprint density at radius 1 is 1.33 bits per heavy atom. The van der Waals surface area contributed by atoms with E-state index in [2.05, 4.69) is 33.1 Å². The van der Waals surface area contributed by atoms with Crippen molar-refractivity contribution in [2.75, 3.05) is 0 Å². The average molecular weight is 119 g/mol. The van der Waals surface area contributed by atoms with Crippen LogP contribution in [0.4, 0.5) is 0 Å². The van der Waals surface area contributed by atoms with Gasteiger partial charge in [-0.3, -0.25) is 0 Å². The van der Waals surface area contributed by atoms with Gasteiger partial charge in [-0.05, 0) is 28.7 Å². The van der Waals surface area contributed by atoms with Gasteiger partial charge in [0, 0.05) is 0 Å². The lowest BCUT2D eigenvalue weighted by atomic mass is 11.8. The van der Waals surface area contributed by atoms with Crippen LogP contribution in [0.15, 0.2) is 4.41 Å². The molecule has 0 rings (SSSR count). The van der Waals surface area contributed by atoms with Gasteiger partial charge in [0.2, 0.25) is 0 Å². The molecule has 0 bridgehead atoms. The number of hydrogen-bond acceptors (Lipinski definition) is 1. The van der Waals surface area contributed by atoms with E-state index >= 15 is 0 Å². The van der Waals surface area contributed by atoms with Crippen molar-refractivity contribution in [1.29, 1.82) is 0 Å². The Balaban J connectivity index is 3.45. The van der Waals surface area contributed by atoms with Crippen molar-refractivity contribution >= 4 is 17.3 Å². The highest BCUT2D eigenvalue weighted by Gasteiger charge is 2.07. The van der Waals surface area contributed by atoms with Gasteiger partial charge < -0.3 is 4.41 Å². The van der Waals surface area contributed by atoms with E-state index in [0.717, 1.165) is 0 Å². The maximum absolute atomic E-state index is 3.97. The number of nitrogens with zero attached hydrogens (tertiary/aromatic N) is 1. The van der Waals surface area contributed by atoms with Crippen LogP contribution in [0.1, 0.15) is 0 Å². The molecule has 0 radical (unpaired) electrons. The summed E-state index contributed by atoms with van der Waals surface area (Å²) in [6.07, 6.45) is 0. The molecule has 0 aliphatic heterocycles. The summed E-state index contributed by atoms with van der Waals surface area (Å²) in [5.74, 6) is 0. The standard InChI is InChI=1S/C3H10NPSi/c1-6(2,3)4-5/h5H,1-3H3. The third-order valence-corrected chi connectivity index (χ3v) is 3.02. The van der Waals surface area contributed by atoms with Gasteiger partial charge >= 0.3 is 0 Å². The van der Waals surface area contributed by atoms with Crippen LogP contribution in [0.25, 0.3) is 0 Å². The molecule has 0 saturated carbocycles. The third-order valence-electron chi connectivity index (χ3n) is 0.335. The fraction of sp³-hybridized carbons (Fsp3) is 1.00. The molecule has 0 aromatic carbocycles. The quantitative estimate of drug-likeness (QED) is 0.370. The predicted octanol–water partition coefficient (Wildman–Crippen LogP) is 2.15. The first-order valence-corrected chi connectivity index (χ1v) is 5.84. The van der Waals surface area contributed by atoms with Gasteiger partial charge in [0.25, 0.3) is 0 Å². The van der Waals surface area contributed by atoms with Gasteiger partial charge in [-0.2, -0.15) is 0 Å². The van der Waals surface area contributed by atoms with Gasteiger partial charge in [-0.25, -0.2) is 0 Å². The van der Waals surface area contributed by atoms with Crippen molar-refractivity contribution in [2.45, 2.75) is 19.6 Å². The molecule has 0 fully saturated rings. The zero-order valence-electron chi connectivity index (χ0n) is 4.45. The zero-order chi connectivity index (χ0) is 5.21. The molecule has 0 saturated heterocycles. The van der Waals surface area contributed by atoms with Crippen LogP contribution in [-0.2, 0) is 0 Å². The monoisotopic (exact) mass is 119 g/mol. The molecule has 36 valence electrons. The molecular formula is C3H10NPSi. The summed E-state index contributed by atoms with van der Waals surface area (Å²) in [5.41, 5.74) is 0. The molecule has 3 heteroatoms. The minimum absolute atomic E-state index is 1.09. The Labute approximate surface area is 42.2 Å². The number of rotatable bonds is 1. The van der Waals surface area contributed by atoms with Crippen LogP contribution >= 0.6 is 9.03 Å². The maximum Gasteiger partial charge on any atom is 0.177 e. The molecule has 6 heavy (non-hydrogen) atoms. The minimum atomic E-state index is -1.09.